The van der Waals surface area contributed by atoms with Crippen LogP contribution in [-0.4, -0.2) is 34.6 Å². The number of halogens is 5. The summed E-state index contributed by atoms with van der Waals surface area (Å²) < 4.78 is 48.2. The fraction of sp³-hybridized carbons (Fsp3) is 0.200. The highest BCUT2D eigenvalue weighted by Crippen LogP contribution is 2.55. The number of fused-ring (bicyclic) bond motifs is 2. The Balaban J connectivity index is 1.44. The summed E-state index contributed by atoms with van der Waals surface area (Å²) in [7, 11) is 1.50. The lowest BCUT2D eigenvalue weighted by atomic mass is 9.83. The standard InChI is InChI=1S/C30H20Cl2F3N3O5S2/c1-43-15-11-9-14(10-12-15)36-20(39)13-37-28-25(45-29(37)42)21(16-5-4-7-18(31)23(16)32)22-24(44-28)27(41)38(26(22)40)19-8-3-2-6-17(19)30(33,34)35/h2-12,21-22,24H,13H2,1H3,(H,36,39)/t21-,22-,24+/m0/s1. The first-order valence-electron chi connectivity index (χ1n) is 13.2. The Hall–Kier alpha value is -3.78. The average molecular weight is 695 g/mol. The van der Waals surface area contributed by atoms with Gasteiger partial charge in [-0.15, -0.1) is 0 Å². The Morgan fingerprint density at radius 1 is 0.978 bits per heavy atom. The highest BCUT2D eigenvalue weighted by Gasteiger charge is 2.58. The molecule has 0 saturated carbocycles. The van der Waals surface area contributed by atoms with Crippen LogP contribution in [0.5, 0.6) is 5.75 Å². The lowest BCUT2D eigenvalue weighted by molar-refractivity contribution is -0.137. The second-order valence-electron chi connectivity index (χ2n) is 10.1. The topological polar surface area (TPSA) is 97.7 Å². The number of imide groups is 1. The molecule has 3 amide bonds. The van der Waals surface area contributed by atoms with Crippen LogP contribution in [0.25, 0.3) is 0 Å². The summed E-state index contributed by atoms with van der Waals surface area (Å²) in [6.07, 6.45) is -4.84. The minimum absolute atomic E-state index is 0.0693. The number of nitrogens with one attached hydrogen (secondary N) is 1. The van der Waals surface area contributed by atoms with Gasteiger partial charge in [0.15, 0.2) is 0 Å². The molecule has 0 aliphatic carbocycles. The SMILES string of the molecule is COc1ccc(NC(=O)Cn2c3c(sc2=O)[C@@H](c2cccc(Cl)c2Cl)[C@@H]2C(=O)N(c4ccccc4C(F)(F)F)C(=O)[C@@H]2S3)cc1. The summed E-state index contributed by atoms with van der Waals surface area (Å²) in [4.78, 5) is 54.7. The summed E-state index contributed by atoms with van der Waals surface area (Å²) in [6, 6.07) is 15.6. The number of amides is 3. The van der Waals surface area contributed by atoms with Gasteiger partial charge in [-0.3, -0.25) is 23.7 Å². The number of ether oxygens (including phenoxy) is 1. The zero-order valence-corrected chi connectivity index (χ0v) is 26.1. The Kier molecular flexibility index (Phi) is 8.23. The molecule has 232 valence electrons. The van der Waals surface area contributed by atoms with Crippen LogP contribution in [0.3, 0.4) is 0 Å². The predicted molar refractivity (Wildman–Crippen MR) is 166 cm³/mol. The molecule has 45 heavy (non-hydrogen) atoms. The molecule has 8 nitrogen and oxygen atoms in total. The van der Waals surface area contributed by atoms with Gasteiger partial charge < -0.3 is 10.1 Å². The number of carbonyl (C=O) groups is 3. The van der Waals surface area contributed by atoms with E-state index in [9.17, 15) is 32.3 Å². The van der Waals surface area contributed by atoms with Gasteiger partial charge in [-0.2, -0.15) is 13.2 Å². The molecule has 0 radical (unpaired) electrons. The van der Waals surface area contributed by atoms with E-state index in [1.165, 1.54) is 29.9 Å². The largest absolute Gasteiger partial charge is 0.497 e. The van der Waals surface area contributed by atoms with Crippen LogP contribution in [0, 0.1) is 5.92 Å². The van der Waals surface area contributed by atoms with Gasteiger partial charge in [0, 0.05) is 16.5 Å². The van der Waals surface area contributed by atoms with E-state index in [-0.39, 0.29) is 15.1 Å². The summed E-state index contributed by atoms with van der Waals surface area (Å²) in [5.41, 5.74) is -0.964. The monoisotopic (exact) mass is 693 g/mol. The molecule has 3 aromatic carbocycles. The number of thiazole rings is 1. The van der Waals surface area contributed by atoms with Crippen molar-refractivity contribution in [3.05, 3.63) is 102 Å². The van der Waals surface area contributed by atoms with Crippen LogP contribution in [0.4, 0.5) is 24.5 Å². The third-order valence-electron chi connectivity index (χ3n) is 7.49. The van der Waals surface area contributed by atoms with E-state index < -0.39 is 63.7 Å². The summed E-state index contributed by atoms with van der Waals surface area (Å²) in [5.74, 6) is -3.95. The first kappa shape index (κ1) is 31.2. The zero-order valence-electron chi connectivity index (χ0n) is 22.9. The third-order valence-corrected chi connectivity index (χ3v) is 10.9. The highest BCUT2D eigenvalue weighted by molar-refractivity contribution is 8.00. The zero-order chi connectivity index (χ0) is 32.2. The Morgan fingerprint density at radius 3 is 2.38 bits per heavy atom. The van der Waals surface area contributed by atoms with Gasteiger partial charge in [-0.25, -0.2) is 4.90 Å². The number of benzene rings is 3. The third kappa shape index (κ3) is 5.51. The van der Waals surface area contributed by atoms with Crippen LogP contribution in [0.1, 0.15) is 21.9 Å². The minimum atomic E-state index is -4.84. The Labute approximate surface area is 271 Å². The van der Waals surface area contributed by atoms with Gasteiger partial charge in [-0.05, 0) is 48.0 Å². The van der Waals surface area contributed by atoms with E-state index in [0.29, 0.717) is 26.8 Å². The van der Waals surface area contributed by atoms with Gasteiger partial charge in [-0.1, -0.05) is 70.6 Å². The number of alkyl halides is 3. The van der Waals surface area contributed by atoms with E-state index >= 15 is 0 Å². The molecule has 3 heterocycles. The number of anilines is 2. The molecule has 2 aliphatic rings. The first-order valence-corrected chi connectivity index (χ1v) is 15.7. The van der Waals surface area contributed by atoms with Crippen LogP contribution in [-0.2, 0) is 27.1 Å². The van der Waals surface area contributed by atoms with E-state index in [2.05, 4.69) is 5.32 Å². The molecule has 1 N–H and O–H groups in total. The normalized spacial score (nSPS) is 19.3. The Bertz CT molecular complexity index is 1910. The van der Waals surface area contributed by atoms with Gasteiger partial charge in [0.2, 0.25) is 17.7 Å². The van der Waals surface area contributed by atoms with Crippen LogP contribution < -0.4 is 19.8 Å². The van der Waals surface area contributed by atoms with Crippen LogP contribution in [0.2, 0.25) is 10.0 Å². The average Bonchev–Trinajstić information content (AvgIpc) is 3.44. The first-order chi connectivity index (χ1) is 21.4. The smallest absolute Gasteiger partial charge is 0.418 e. The minimum Gasteiger partial charge on any atom is -0.497 e. The van der Waals surface area contributed by atoms with Gasteiger partial charge in [0.25, 0.3) is 0 Å². The molecule has 4 aromatic rings. The van der Waals surface area contributed by atoms with Gasteiger partial charge in [0.05, 0.1) is 39.3 Å². The number of thioether (sulfide) groups is 1. The van der Waals surface area contributed by atoms with Crippen molar-refractivity contribution in [1.29, 1.82) is 0 Å². The van der Waals surface area contributed by atoms with Crippen molar-refractivity contribution in [1.82, 2.24) is 4.57 Å². The maximum Gasteiger partial charge on any atom is 0.418 e. The van der Waals surface area contributed by atoms with Crippen molar-refractivity contribution >= 4 is 75.4 Å². The van der Waals surface area contributed by atoms with E-state index in [1.807, 2.05) is 0 Å². The summed E-state index contributed by atoms with van der Waals surface area (Å²) in [6.45, 7) is -0.431. The van der Waals surface area contributed by atoms with E-state index in [0.717, 1.165) is 35.2 Å². The number of nitrogens with zero attached hydrogens (tertiary/aromatic N) is 2. The maximum atomic E-state index is 14.0. The predicted octanol–water partition coefficient (Wildman–Crippen LogP) is 6.68. The maximum absolute atomic E-state index is 14.0. The van der Waals surface area contributed by atoms with Crippen molar-refractivity contribution < 1.29 is 32.3 Å². The number of hydrogen-bond donors (Lipinski definition) is 1. The molecular weight excluding hydrogens is 674 g/mol. The number of para-hydroxylation sites is 1. The fourth-order valence-electron chi connectivity index (χ4n) is 5.52. The summed E-state index contributed by atoms with van der Waals surface area (Å²) >= 11 is 14.6. The molecule has 2 aliphatic heterocycles. The molecule has 6 rings (SSSR count). The molecule has 1 fully saturated rings. The molecule has 0 spiro atoms. The molecule has 0 bridgehead atoms. The second-order valence-corrected chi connectivity index (χ2v) is 13.0. The number of hydrogen-bond acceptors (Lipinski definition) is 7. The molecule has 0 unspecified atom stereocenters. The number of carbonyl (C=O) groups excluding carboxylic acids is 3. The number of rotatable bonds is 6. The molecule has 3 atom stereocenters. The van der Waals surface area contributed by atoms with Gasteiger partial charge >= 0.3 is 11.0 Å². The quantitative estimate of drug-likeness (QED) is 0.227. The molecule has 1 saturated heterocycles. The van der Waals surface area contributed by atoms with E-state index in [1.54, 1.807) is 36.4 Å². The summed E-state index contributed by atoms with van der Waals surface area (Å²) in [5, 5.41) is 1.93. The lowest BCUT2D eigenvalue weighted by Gasteiger charge is -2.31. The number of aromatic nitrogens is 1. The van der Waals surface area contributed by atoms with Crippen molar-refractivity contribution in [2.45, 2.75) is 28.9 Å². The molecule has 1 aromatic heterocycles. The second kappa shape index (κ2) is 11.9. The van der Waals surface area contributed by atoms with Crippen LogP contribution >= 0.6 is 46.3 Å². The fourth-order valence-corrected chi connectivity index (χ4v) is 8.70. The molecule has 15 heteroatoms. The lowest BCUT2D eigenvalue weighted by Crippen LogP contribution is -2.33. The van der Waals surface area contributed by atoms with Crippen molar-refractivity contribution in [3.8, 4) is 5.75 Å². The highest BCUT2D eigenvalue weighted by atomic mass is 35.5. The molecular formula is C30H20Cl2F3N3O5S2. The van der Waals surface area contributed by atoms with Crippen molar-refractivity contribution in [2.75, 3.05) is 17.3 Å². The van der Waals surface area contributed by atoms with Gasteiger partial charge in [0.1, 0.15) is 17.5 Å². The Morgan fingerprint density at radius 2 is 1.69 bits per heavy atom. The number of methoxy groups -OCH3 is 1. The van der Waals surface area contributed by atoms with Crippen LogP contribution in [0.15, 0.2) is 76.6 Å². The van der Waals surface area contributed by atoms with E-state index in [4.69, 9.17) is 27.9 Å². The van der Waals surface area contributed by atoms with Crippen molar-refractivity contribution in [3.63, 3.8) is 0 Å². The van der Waals surface area contributed by atoms with Crippen molar-refractivity contribution in [2.24, 2.45) is 5.92 Å².